The van der Waals surface area contributed by atoms with Crippen molar-refractivity contribution in [1.82, 2.24) is 0 Å². The Morgan fingerprint density at radius 2 is 1.45 bits per heavy atom. The molecule has 0 aliphatic rings. The average molecular weight is 330 g/mol. The van der Waals surface area contributed by atoms with Gasteiger partial charge in [-0.3, -0.25) is 0 Å². The first-order valence-corrected chi connectivity index (χ1v) is 7.50. The molecule has 0 spiro atoms. The van der Waals surface area contributed by atoms with E-state index < -0.39 is 24.7 Å². The number of ether oxygens (including phenoxy) is 1. The van der Waals surface area contributed by atoms with Crippen LogP contribution in [0.15, 0.2) is 12.2 Å². The first-order chi connectivity index (χ1) is 10.2. The Balaban J connectivity index is 3.69. The molecule has 0 unspecified atom stereocenters. The second kappa shape index (κ2) is 10.6. The molecule has 0 fully saturated rings. The van der Waals surface area contributed by atoms with Crippen molar-refractivity contribution in [3.8, 4) is 0 Å². The highest BCUT2D eigenvalue weighted by Gasteiger charge is 2.64. The summed E-state index contributed by atoms with van der Waals surface area (Å²) in [7, 11) is 0. The minimum atomic E-state index is -5.93. The van der Waals surface area contributed by atoms with Gasteiger partial charge in [0.05, 0.1) is 0 Å². The molecular formula is C15H23F5O2. The molecule has 0 aromatic rings. The summed E-state index contributed by atoms with van der Waals surface area (Å²) < 4.78 is 64.4. The van der Waals surface area contributed by atoms with Crippen LogP contribution in [0.2, 0.25) is 0 Å². The van der Waals surface area contributed by atoms with Gasteiger partial charge in [0.2, 0.25) is 0 Å². The number of rotatable bonds is 11. The predicted octanol–water partition coefficient (Wildman–Crippen LogP) is 5.42. The molecule has 0 aromatic carbocycles. The molecule has 0 aliphatic carbocycles. The Bertz CT molecular complexity index is 337. The number of unbranched alkanes of at least 4 members (excludes halogenated alkanes) is 7. The van der Waals surface area contributed by atoms with Crippen molar-refractivity contribution in [2.24, 2.45) is 0 Å². The fourth-order valence-corrected chi connectivity index (χ4v) is 1.74. The molecule has 0 amide bonds. The van der Waals surface area contributed by atoms with Crippen LogP contribution in [0.4, 0.5) is 22.0 Å². The van der Waals surface area contributed by atoms with Gasteiger partial charge >= 0.3 is 18.1 Å². The third-order valence-corrected chi connectivity index (χ3v) is 3.06. The lowest BCUT2D eigenvalue weighted by atomic mass is 10.1. The highest BCUT2D eigenvalue weighted by molar-refractivity contribution is 5.78. The van der Waals surface area contributed by atoms with Gasteiger partial charge in [-0.25, -0.2) is 4.79 Å². The molecule has 0 aromatic heterocycles. The Hall–Kier alpha value is -1.14. The van der Waals surface area contributed by atoms with Crippen molar-refractivity contribution in [3.05, 3.63) is 12.2 Å². The van der Waals surface area contributed by atoms with Gasteiger partial charge in [-0.15, -0.1) is 0 Å². The molecule has 7 heteroatoms. The summed E-state index contributed by atoms with van der Waals surface area (Å²) in [5.74, 6) is -8.03. The maximum Gasteiger partial charge on any atom is 0.465 e. The number of esters is 1. The standard InChI is InChI=1S/C15H23F5O2/c1-2-3-4-5-6-7-8-9-10-11-12-22-13(21)14(16,17)15(18,19)20/h10-11H,2-9,12H2,1H3/b11-10+. The van der Waals surface area contributed by atoms with Crippen molar-refractivity contribution in [3.63, 3.8) is 0 Å². The highest BCUT2D eigenvalue weighted by atomic mass is 19.4. The molecular weight excluding hydrogens is 307 g/mol. The molecule has 22 heavy (non-hydrogen) atoms. The molecule has 0 rings (SSSR count). The maximum atomic E-state index is 12.5. The van der Waals surface area contributed by atoms with E-state index in [0.717, 1.165) is 19.3 Å². The summed E-state index contributed by atoms with van der Waals surface area (Å²) >= 11 is 0. The lowest BCUT2D eigenvalue weighted by Gasteiger charge is -2.17. The zero-order valence-corrected chi connectivity index (χ0v) is 12.7. The van der Waals surface area contributed by atoms with Gasteiger partial charge in [0.25, 0.3) is 0 Å². The molecule has 0 N–H and O–H groups in total. The maximum absolute atomic E-state index is 12.5. The quantitative estimate of drug-likeness (QED) is 0.219. The van der Waals surface area contributed by atoms with Gasteiger partial charge in [0.15, 0.2) is 0 Å². The van der Waals surface area contributed by atoms with Crippen molar-refractivity contribution in [1.29, 1.82) is 0 Å². The minimum Gasteiger partial charge on any atom is -0.457 e. The molecule has 0 atom stereocenters. The third kappa shape index (κ3) is 8.34. The van der Waals surface area contributed by atoms with E-state index in [1.54, 1.807) is 6.08 Å². The number of allylic oxidation sites excluding steroid dienone is 1. The first kappa shape index (κ1) is 20.9. The van der Waals surface area contributed by atoms with E-state index in [0.29, 0.717) is 6.42 Å². The third-order valence-electron chi connectivity index (χ3n) is 3.06. The van der Waals surface area contributed by atoms with Crippen molar-refractivity contribution in [2.75, 3.05) is 6.61 Å². The lowest BCUT2D eigenvalue weighted by molar-refractivity contribution is -0.280. The average Bonchev–Trinajstić information content (AvgIpc) is 2.43. The van der Waals surface area contributed by atoms with Crippen LogP contribution < -0.4 is 0 Å². The SMILES string of the molecule is CCCCCCCCC/C=C/COC(=O)C(F)(F)C(F)(F)F. The van der Waals surface area contributed by atoms with E-state index in [-0.39, 0.29) is 0 Å². The van der Waals surface area contributed by atoms with E-state index in [1.807, 2.05) is 0 Å². The Morgan fingerprint density at radius 1 is 0.909 bits per heavy atom. The Morgan fingerprint density at radius 3 is 2.00 bits per heavy atom. The summed E-state index contributed by atoms with van der Waals surface area (Å²) in [5, 5.41) is 0. The normalized spacial score (nSPS) is 12.8. The summed E-state index contributed by atoms with van der Waals surface area (Å²) in [6.07, 6.45) is 5.55. The van der Waals surface area contributed by atoms with Crippen LogP contribution >= 0.6 is 0 Å². The van der Waals surface area contributed by atoms with Crippen molar-refractivity contribution < 1.29 is 31.5 Å². The van der Waals surface area contributed by atoms with Crippen LogP contribution in [0, 0.1) is 0 Å². The van der Waals surface area contributed by atoms with E-state index in [2.05, 4.69) is 11.7 Å². The van der Waals surface area contributed by atoms with Crippen molar-refractivity contribution in [2.45, 2.75) is 70.4 Å². The zero-order chi connectivity index (χ0) is 17.1. The predicted molar refractivity (Wildman–Crippen MR) is 73.7 cm³/mol. The Labute approximate surface area is 127 Å². The molecule has 0 heterocycles. The Kier molecular flexibility index (Phi) is 10.0. The number of carbonyl (C=O) groups is 1. The number of hydrogen-bond donors (Lipinski definition) is 0. The second-order valence-corrected chi connectivity index (χ2v) is 5.05. The van der Waals surface area contributed by atoms with Gasteiger partial charge < -0.3 is 4.74 Å². The number of hydrogen-bond acceptors (Lipinski definition) is 2. The number of alkyl halides is 5. The topological polar surface area (TPSA) is 26.3 Å². The largest absolute Gasteiger partial charge is 0.465 e. The molecule has 0 aliphatic heterocycles. The fraction of sp³-hybridized carbons (Fsp3) is 0.800. The van der Waals surface area contributed by atoms with E-state index in [9.17, 15) is 26.7 Å². The molecule has 130 valence electrons. The van der Waals surface area contributed by atoms with Gasteiger partial charge in [0.1, 0.15) is 6.61 Å². The van der Waals surface area contributed by atoms with Gasteiger partial charge in [-0.05, 0) is 12.8 Å². The van der Waals surface area contributed by atoms with E-state index >= 15 is 0 Å². The van der Waals surface area contributed by atoms with E-state index in [1.165, 1.54) is 31.8 Å². The van der Waals surface area contributed by atoms with Crippen molar-refractivity contribution >= 4 is 5.97 Å². The summed E-state index contributed by atoms with van der Waals surface area (Å²) in [5.41, 5.74) is 0. The van der Waals surface area contributed by atoms with Gasteiger partial charge in [-0.2, -0.15) is 22.0 Å². The zero-order valence-electron chi connectivity index (χ0n) is 12.7. The lowest BCUT2D eigenvalue weighted by Crippen LogP contribution is -2.45. The van der Waals surface area contributed by atoms with Crippen LogP contribution in [0.1, 0.15) is 58.3 Å². The van der Waals surface area contributed by atoms with Gasteiger partial charge in [-0.1, -0.05) is 57.6 Å². The monoisotopic (exact) mass is 330 g/mol. The number of halogens is 5. The highest BCUT2D eigenvalue weighted by Crippen LogP contribution is 2.36. The van der Waals surface area contributed by atoms with Crippen LogP contribution in [0.25, 0.3) is 0 Å². The van der Waals surface area contributed by atoms with Crippen LogP contribution in [-0.4, -0.2) is 24.7 Å². The minimum absolute atomic E-state index is 0.582. The molecule has 0 saturated carbocycles. The summed E-state index contributed by atoms with van der Waals surface area (Å²) in [6.45, 7) is 1.56. The van der Waals surface area contributed by atoms with Crippen LogP contribution in [0.3, 0.4) is 0 Å². The molecule has 2 nitrogen and oxygen atoms in total. The van der Waals surface area contributed by atoms with E-state index in [4.69, 9.17) is 0 Å². The summed E-state index contributed by atoms with van der Waals surface area (Å²) in [4.78, 5) is 10.6. The molecule has 0 saturated heterocycles. The number of carbonyl (C=O) groups excluding carboxylic acids is 1. The smallest absolute Gasteiger partial charge is 0.457 e. The molecule has 0 bridgehead atoms. The first-order valence-electron chi connectivity index (χ1n) is 7.50. The summed E-state index contributed by atoms with van der Waals surface area (Å²) in [6, 6.07) is 0. The second-order valence-electron chi connectivity index (χ2n) is 5.05. The van der Waals surface area contributed by atoms with Crippen LogP contribution in [0.5, 0.6) is 0 Å². The molecule has 0 radical (unpaired) electrons. The van der Waals surface area contributed by atoms with Gasteiger partial charge in [0, 0.05) is 0 Å². The van der Waals surface area contributed by atoms with Crippen LogP contribution in [-0.2, 0) is 9.53 Å². The fourth-order valence-electron chi connectivity index (χ4n) is 1.74.